The van der Waals surface area contributed by atoms with E-state index in [2.05, 4.69) is 4.98 Å². The monoisotopic (exact) mass is 301 g/mol. The molecular weight excluding hydrogens is 289 g/mol. The molecular formula is C16H12FNO2S. The smallest absolute Gasteiger partial charge is 0.184 e. The first kappa shape index (κ1) is 13.7. The number of halogens is 1. The van der Waals surface area contributed by atoms with E-state index in [0.29, 0.717) is 11.2 Å². The van der Waals surface area contributed by atoms with Crippen molar-refractivity contribution in [1.82, 2.24) is 4.98 Å². The van der Waals surface area contributed by atoms with Crippen LogP contribution in [-0.2, 0) is 15.6 Å². The Labute approximate surface area is 122 Å². The quantitative estimate of drug-likeness (QED) is 0.745. The Morgan fingerprint density at radius 1 is 0.952 bits per heavy atom. The molecule has 1 aromatic heterocycles. The Morgan fingerprint density at radius 3 is 2.43 bits per heavy atom. The molecule has 0 N–H and O–H groups in total. The number of hydrogen-bond acceptors (Lipinski definition) is 3. The molecule has 5 heteroatoms. The summed E-state index contributed by atoms with van der Waals surface area (Å²) in [5.41, 5.74) is 0.854. The topological polar surface area (TPSA) is 47.0 Å². The van der Waals surface area contributed by atoms with Crippen LogP contribution in [0.15, 0.2) is 65.6 Å². The third-order valence-electron chi connectivity index (χ3n) is 3.15. The highest BCUT2D eigenvalue weighted by Crippen LogP contribution is 2.18. The average Bonchev–Trinajstić information content (AvgIpc) is 2.47. The van der Waals surface area contributed by atoms with Crippen LogP contribution in [0.2, 0.25) is 0 Å². The molecule has 106 valence electrons. The van der Waals surface area contributed by atoms with E-state index < -0.39 is 15.7 Å². The Kier molecular flexibility index (Phi) is 3.43. The third kappa shape index (κ3) is 2.92. The molecule has 21 heavy (non-hydrogen) atoms. The van der Waals surface area contributed by atoms with Gasteiger partial charge in [0.05, 0.1) is 21.9 Å². The molecule has 3 rings (SSSR count). The second-order valence-corrected chi connectivity index (χ2v) is 6.70. The highest BCUT2D eigenvalue weighted by atomic mass is 32.2. The Morgan fingerprint density at radius 2 is 1.67 bits per heavy atom. The Balaban J connectivity index is 1.98. The average molecular weight is 301 g/mol. The molecule has 0 atom stereocenters. The van der Waals surface area contributed by atoms with Crippen molar-refractivity contribution in [2.24, 2.45) is 0 Å². The zero-order chi connectivity index (χ0) is 14.9. The van der Waals surface area contributed by atoms with Crippen molar-refractivity contribution in [3.63, 3.8) is 0 Å². The second-order valence-electron chi connectivity index (χ2n) is 4.71. The number of benzene rings is 2. The molecule has 0 aliphatic rings. The first-order chi connectivity index (χ1) is 10.0. The first-order valence-electron chi connectivity index (χ1n) is 6.38. The molecule has 0 bridgehead atoms. The summed E-state index contributed by atoms with van der Waals surface area (Å²) in [5.74, 6) is -0.596. The maximum Gasteiger partial charge on any atom is 0.184 e. The van der Waals surface area contributed by atoms with Gasteiger partial charge in [-0.05, 0) is 30.3 Å². The SMILES string of the molecule is O=S(=O)(Cc1ccc2ccc(F)cc2n1)c1ccccc1. The molecule has 0 amide bonds. The number of hydrogen-bond donors (Lipinski definition) is 0. The van der Waals surface area contributed by atoms with Crippen LogP contribution < -0.4 is 0 Å². The van der Waals surface area contributed by atoms with E-state index in [0.717, 1.165) is 5.39 Å². The van der Waals surface area contributed by atoms with Gasteiger partial charge in [0.2, 0.25) is 0 Å². The van der Waals surface area contributed by atoms with Gasteiger partial charge in [-0.25, -0.2) is 12.8 Å². The van der Waals surface area contributed by atoms with Crippen molar-refractivity contribution in [2.75, 3.05) is 0 Å². The summed E-state index contributed by atoms with van der Waals surface area (Å²) in [6.07, 6.45) is 0. The molecule has 0 radical (unpaired) electrons. The van der Waals surface area contributed by atoms with Crippen molar-refractivity contribution in [3.05, 3.63) is 72.2 Å². The van der Waals surface area contributed by atoms with Crippen LogP contribution in [-0.4, -0.2) is 13.4 Å². The van der Waals surface area contributed by atoms with Crippen LogP contribution in [0.25, 0.3) is 10.9 Å². The maximum absolute atomic E-state index is 13.2. The van der Waals surface area contributed by atoms with Crippen LogP contribution >= 0.6 is 0 Å². The predicted octanol–water partition coefficient (Wildman–Crippen LogP) is 3.35. The lowest BCUT2D eigenvalue weighted by Gasteiger charge is -2.05. The lowest BCUT2D eigenvalue weighted by atomic mass is 10.2. The molecule has 0 fully saturated rings. The van der Waals surface area contributed by atoms with Gasteiger partial charge in [-0.3, -0.25) is 4.98 Å². The van der Waals surface area contributed by atoms with E-state index >= 15 is 0 Å². The normalized spacial score (nSPS) is 11.7. The molecule has 0 unspecified atom stereocenters. The van der Waals surface area contributed by atoms with Gasteiger partial charge in [0.25, 0.3) is 0 Å². The van der Waals surface area contributed by atoms with Gasteiger partial charge in [-0.1, -0.05) is 24.3 Å². The Bertz CT molecular complexity index is 893. The van der Waals surface area contributed by atoms with E-state index in [9.17, 15) is 12.8 Å². The van der Waals surface area contributed by atoms with Crippen LogP contribution in [0.4, 0.5) is 4.39 Å². The van der Waals surface area contributed by atoms with E-state index in [1.54, 1.807) is 48.5 Å². The number of rotatable bonds is 3. The number of nitrogens with zero attached hydrogens (tertiary/aromatic N) is 1. The number of aromatic nitrogens is 1. The van der Waals surface area contributed by atoms with E-state index in [-0.39, 0.29) is 10.6 Å². The summed E-state index contributed by atoms with van der Waals surface area (Å²) >= 11 is 0. The number of sulfone groups is 1. The Hall–Kier alpha value is -2.27. The molecule has 3 aromatic rings. The number of fused-ring (bicyclic) bond motifs is 1. The maximum atomic E-state index is 13.2. The summed E-state index contributed by atoms with van der Waals surface area (Å²) < 4.78 is 37.8. The van der Waals surface area contributed by atoms with Crippen molar-refractivity contribution < 1.29 is 12.8 Å². The van der Waals surface area contributed by atoms with E-state index in [1.807, 2.05) is 0 Å². The minimum Gasteiger partial charge on any atom is -0.252 e. The standard InChI is InChI=1S/C16H12FNO2S/c17-13-8-6-12-7-9-14(18-16(12)10-13)11-21(19,20)15-4-2-1-3-5-15/h1-10H,11H2. The highest BCUT2D eigenvalue weighted by Gasteiger charge is 2.15. The van der Waals surface area contributed by atoms with Gasteiger partial charge >= 0.3 is 0 Å². The molecule has 2 aromatic carbocycles. The first-order valence-corrected chi connectivity index (χ1v) is 8.03. The molecule has 0 saturated heterocycles. The van der Waals surface area contributed by atoms with Crippen LogP contribution in [0.3, 0.4) is 0 Å². The van der Waals surface area contributed by atoms with Gasteiger partial charge < -0.3 is 0 Å². The van der Waals surface area contributed by atoms with E-state index in [4.69, 9.17) is 0 Å². The molecule has 3 nitrogen and oxygen atoms in total. The zero-order valence-electron chi connectivity index (χ0n) is 11.0. The molecule has 1 heterocycles. The minimum atomic E-state index is -3.45. The third-order valence-corrected chi connectivity index (χ3v) is 4.82. The highest BCUT2D eigenvalue weighted by molar-refractivity contribution is 7.90. The summed E-state index contributed by atoms with van der Waals surface area (Å²) in [5, 5.41) is 0.775. The summed E-state index contributed by atoms with van der Waals surface area (Å²) in [6, 6.07) is 15.9. The lowest BCUT2D eigenvalue weighted by molar-refractivity contribution is 0.594. The molecule has 0 saturated carbocycles. The zero-order valence-corrected chi connectivity index (χ0v) is 11.8. The summed E-state index contributed by atoms with van der Waals surface area (Å²) in [6.45, 7) is 0. The van der Waals surface area contributed by atoms with Gasteiger partial charge in [-0.2, -0.15) is 0 Å². The molecule has 0 aliphatic carbocycles. The fourth-order valence-corrected chi connectivity index (χ4v) is 3.41. The van der Waals surface area contributed by atoms with Crippen LogP contribution in [0, 0.1) is 5.82 Å². The predicted molar refractivity (Wildman–Crippen MR) is 79.0 cm³/mol. The van der Waals surface area contributed by atoms with Crippen LogP contribution in [0.1, 0.15) is 5.69 Å². The fraction of sp³-hybridized carbons (Fsp3) is 0.0625. The largest absolute Gasteiger partial charge is 0.252 e. The van der Waals surface area contributed by atoms with E-state index in [1.165, 1.54) is 12.1 Å². The van der Waals surface area contributed by atoms with Gasteiger partial charge in [0.15, 0.2) is 9.84 Å². The molecule has 0 aliphatic heterocycles. The summed E-state index contributed by atoms with van der Waals surface area (Å²) in [4.78, 5) is 4.48. The van der Waals surface area contributed by atoms with Crippen molar-refractivity contribution in [2.45, 2.75) is 10.6 Å². The van der Waals surface area contributed by atoms with Crippen molar-refractivity contribution >= 4 is 20.7 Å². The minimum absolute atomic E-state index is 0.205. The van der Waals surface area contributed by atoms with Crippen LogP contribution in [0.5, 0.6) is 0 Å². The fourth-order valence-electron chi connectivity index (χ4n) is 2.12. The molecule has 0 spiro atoms. The van der Waals surface area contributed by atoms with Gasteiger partial charge in [0.1, 0.15) is 5.82 Å². The lowest BCUT2D eigenvalue weighted by Crippen LogP contribution is -2.06. The number of pyridine rings is 1. The van der Waals surface area contributed by atoms with Crippen molar-refractivity contribution in [3.8, 4) is 0 Å². The van der Waals surface area contributed by atoms with Crippen molar-refractivity contribution in [1.29, 1.82) is 0 Å². The summed E-state index contributed by atoms with van der Waals surface area (Å²) in [7, 11) is -3.45. The van der Waals surface area contributed by atoms with Gasteiger partial charge in [-0.15, -0.1) is 0 Å². The second kappa shape index (κ2) is 5.26. The van der Waals surface area contributed by atoms with Gasteiger partial charge in [0, 0.05) is 11.5 Å².